The molecule has 2 aliphatic rings. The minimum absolute atomic E-state index is 1.08. The molecule has 0 atom stereocenters. The van der Waals surface area contributed by atoms with Gasteiger partial charge < -0.3 is 19.9 Å². The van der Waals surface area contributed by atoms with Gasteiger partial charge in [0, 0.05) is 57.6 Å². The summed E-state index contributed by atoms with van der Waals surface area (Å²) in [5.41, 5.74) is 4.10. The lowest BCUT2D eigenvalue weighted by Crippen LogP contribution is -2.44. The van der Waals surface area contributed by atoms with Crippen LogP contribution in [0.3, 0.4) is 0 Å². The topological polar surface area (TPSA) is 27.7 Å². The molecule has 0 saturated carbocycles. The quantitative estimate of drug-likeness (QED) is 0.892. The van der Waals surface area contributed by atoms with Crippen molar-refractivity contribution in [3.05, 3.63) is 23.3 Å². The van der Waals surface area contributed by atoms with Crippen molar-refractivity contribution in [1.82, 2.24) is 10.2 Å². The Morgan fingerprint density at radius 1 is 1.20 bits per heavy atom. The number of nitrogens with one attached hydrogen (secondary N) is 1. The van der Waals surface area contributed by atoms with E-state index in [-0.39, 0.29) is 0 Å². The molecule has 0 unspecified atom stereocenters. The van der Waals surface area contributed by atoms with E-state index in [1.807, 2.05) is 7.11 Å². The predicted molar refractivity (Wildman–Crippen MR) is 83.0 cm³/mol. The van der Waals surface area contributed by atoms with Crippen molar-refractivity contribution in [2.45, 2.75) is 12.8 Å². The number of rotatable bonds is 4. The van der Waals surface area contributed by atoms with Crippen LogP contribution in [0, 0.1) is 0 Å². The number of methoxy groups -OCH3 is 1. The van der Waals surface area contributed by atoms with Gasteiger partial charge >= 0.3 is 0 Å². The summed E-state index contributed by atoms with van der Waals surface area (Å²) in [6.07, 6.45) is 2.19. The molecule has 4 heteroatoms. The smallest absolute Gasteiger partial charge is 0.127 e. The van der Waals surface area contributed by atoms with Crippen LogP contribution in [0.15, 0.2) is 12.1 Å². The first kappa shape index (κ1) is 13.7. The second-order valence-corrected chi connectivity index (χ2v) is 5.77. The summed E-state index contributed by atoms with van der Waals surface area (Å²) >= 11 is 0. The van der Waals surface area contributed by atoms with E-state index < -0.39 is 0 Å². The fourth-order valence-corrected chi connectivity index (χ4v) is 3.33. The Kier molecular flexibility index (Phi) is 4.13. The Labute approximate surface area is 121 Å². The molecule has 0 aromatic heterocycles. The summed E-state index contributed by atoms with van der Waals surface area (Å²) in [6.45, 7) is 6.80. The van der Waals surface area contributed by atoms with Gasteiger partial charge in [-0.05, 0) is 24.5 Å². The Morgan fingerprint density at radius 2 is 2.00 bits per heavy atom. The molecule has 110 valence electrons. The highest BCUT2D eigenvalue weighted by molar-refractivity contribution is 5.65. The molecule has 1 N–H and O–H groups in total. The third-order valence-corrected chi connectivity index (χ3v) is 4.54. The van der Waals surface area contributed by atoms with Crippen LogP contribution in [0.2, 0.25) is 0 Å². The number of nitrogens with zero attached hydrogens (tertiary/aromatic N) is 2. The molecule has 2 heterocycles. The number of fused-ring (bicyclic) bond motifs is 1. The van der Waals surface area contributed by atoms with Crippen molar-refractivity contribution in [2.24, 2.45) is 0 Å². The second-order valence-electron chi connectivity index (χ2n) is 5.77. The second kappa shape index (κ2) is 6.02. The van der Waals surface area contributed by atoms with Gasteiger partial charge in [0.15, 0.2) is 0 Å². The summed E-state index contributed by atoms with van der Waals surface area (Å²) in [4.78, 5) is 4.85. The SMILES string of the molecule is COc1c(CCN2CCNCC2)ccc2c1CCN2C. The summed E-state index contributed by atoms with van der Waals surface area (Å²) in [7, 11) is 3.97. The summed E-state index contributed by atoms with van der Waals surface area (Å²) in [5, 5.41) is 3.40. The van der Waals surface area contributed by atoms with Crippen LogP contribution in [0.25, 0.3) is 0 Å². The number of likely N-dealkylation sites (N-methyl/N-ethyl adjacent to an activating group) is 1. The van der Waals surface area contributed by atoms with Crippen molar-refractivity contribution in [2.75, 3.05) is 58.3 Å². The third kappa shape index (κ3) is 2.63. The molecule has 0 spiro atoms. The van der Waals surface area contributed by atoms with Gasteiger partial charge in [0.25, 0.3) is 0 Å². The summed E-state index contributed by atoms with van der Waals surface area (Å²) in [6, 6.07) is 4.51. The zero-order valence-electron chi connectivity index (χ0n) is 12.6. The van der Waals surface area contributed by atoms with Crippen LogP contribution >= 0.6 is 0 Å². The van der Waals surface area contributed by atoms with Gasteiger partial charge in [-0.15, -0.1) is 0 Å². The molecule has 0 aliphatic carbocycles. The fraction of sp³-hybridized carbons (Fsp3) is 0.625. The van der Waals surface area contributed by atoms with Gasteiger partial charge in [-0.25, -0.2) is 0 Å². The Hall–Kier alpha value is -1.26. The first-order valence-electron chi connectivity index (χ1n) is 7.62. The van der Waals surface area contributed by atoms with E-state index in [0.717, 1.165) is 57.9 Å². The number of hydrogen-bond donors (Lipinski definition) is 1. The van der Waals surface area contributed by atoms with Crippen LogP contribution in [0.4, 0.5) is 5.69 Å². The molecule has 1 saturated heterocycles. The molecule has 0 bridgehead atoms. The molecule has 1 aromatic carbocycles. The Morgan fingerprint density at radius 3 is 2.75 bits per heavy atom. The Bertz CT molecular complexity index is 469. The lowest BCUT2D eigenvalue weighted by atomic mass is 10.0. The largest absolute Gasteiger partial charge is 0.496 e. The summed E-state index contributed by atoms with van der Waals surface area (Å²) < 4.78 is 5.72. The highest BCUT2D eigenvalue weighted by Crippen LogP contribution is 2.37. The van der Waals surface area contributed by atoms with Gasteiger partial charge in [-0.2, -0.15) is 0 Å². The van der Waals surface area contributed by atoms with Gasteiger partial charge in [0.2, 0.25) is 0 Å². The maximum Gasteiger partial charge on any atom is 0.127 e. The highest BCUT2D eigenvalue weighted by Gasteiger charge is 2.22. The monoisotopic (exact) mass is 275 g/mol. The van der Waals surface area contributed by atoms with Crippen LogP contribution in [0.1, 0.15) is 11.1 Å². The van der Waals surface area contributed by atoms with Gasteiger partial charge in [-0.3, -0.25) is 0 Å². The summed E-state index contributed by atoms with van der Waals surface area (Å²) in [5.74, 6) is 1.13. The average Bonchev–Trinajstić information content (AvgIpc) is 2.87. The van der Waals surface area contributed by atoms with Crippen molar-refractivity contribution in [3.8, 4) is 5.75 Å². The molecule has 20 heavy (non-hydrogen) atoms. The molecule has 1 fully saturated rings. The third-order valence-electron chi connectivity index (χ3n) is 4.54. The van der Waals surface area contributed by atoms with E-state index >= 15 is 0 Å². The maximum absolute atomic E-state index is 5.72. The Balaban J connectivity index is 1.73. The minimum atomic E-state index is 1.08. The lowest BCUT2D eigenvalue weighted by Gasteiger charge is -2.27. The molecular formula is C16H25N3O. The normalized spacial score (nSPS) is 19.2. The first-order valence-corrected chi connectivity index (χ1v) is 7.62. The fourth-order valence-electron chi connectivity index (χ4n) is 3.33. The lowest BCUT2D eigenvalue weighted by molar-refractivity contribution is 0.243. The molecule has 1 aromatic rings. The number of hydrogen-bond acceptors (Lipinski definition) is 4. The highest BCUT2D eigenvalue weighted by atomic mass is 16.5. The zero-order chi connectivity index (χ0) is 13.9. The van der Waals surface area contributed by atoms with Crippen LogP contribution in [-0.4, -0.2) is 58.3 Å². The van der Waals surface area contributed by atoms with Crippen LogP contribution in [0.5, 0.6) is 5.75 Å². The number of benzene rings is 1. The zero-order valence-corrected chi connectivity index (χ0v) is 12.6. The van der Waals surface area contributed by atoms with Gasteiger partial charge in [0.1, 0.15) is 5.75 Å². The van der Waals surface area contributed by atoms with E-state index in [1.165, 1.54) is 16.8 Å². The van der Waals surface area contributed by atoms with Crippen molar-refractivity contribution >= 4 is 5.69 Å². The molecule has 4 nitrogen and oxygen atoms in total. The average molecular weight is 275 g/mol. The van der Waals surface area contributed by atoms with Gasteiger partial charge in [0.05, 0.1) is 7.11 Å². The standard InChI is InChI=1S/C16H25N3O/c1-18-9-6-14-15(18)4-3-13(16(14)20-2)5-10-19-11-7-17-8-12-19/h3-4,17H,5-12H2,1-2H3. The van der Waals surface area contributed by atoms with Crippen LogP contribution < -0.4 is 15.0 Å². The molecular weight excluding hydrogens is 250 g/mol. The molecule has 0 amide bonds. The van der Waals surface area contributed by atoms with E-state index in [9.17, 15) is 0 Å². The first-order chi connectivity index (χ1) is 9.79. The van der Waals surface area contributed by atoms with Crippen molar-refractivity contribution in [1.29, 1.82) is 0 Å². The van der Waals surface area contributed by atoms with E-state index in [4.69, 9.17) is 4.74 Å². The van der Waals surface area contributed by atoms with Gasteiger partial charge in [-0.1, -0.05) is 6.07 Å². The number of anilines is 1. The van der Waals surface area contributed by atoms with E-state index in [0.29, 0.717) is 0 Å². The molecule has 0 radical (unpaired) electrons. The predicted octanol–water partition coefficient (Wildman–Crippen LogP) is 1.14. The molecule has 3 rings (SSSR count). The van der Waals surface area contributed by atoms with Crippen molar-refractivity contribution < 1.29 is 4.74 Å². The van der Waals surface area contributed by atoms with Crippen LogP contribution in [-0.2, 0) is 12.8 Å². The van der Waals surface area contributed by atoms with E-state index in [1.54, 1.807) is 0 Å². The van der Waals surface area contributed by atoms with Crippen molar-refractivity contribution in [3.63, 3.8) is 0 Å². The maximum atomic E-state index is 5.72. The number of ether oxygens (including phenoxy) is 1. The van der Waals surface area contributed by atoms with E-state index in [2.05, 4.69) is 34.3 Å². The minimum Gasteiger partial charge on any atom is -0.496 e. The molecule has 2 aliphatic heterocycles. The number of piperazine rings is 1.